The fourth-order valence-corrected chi connectivity index (χ4v) is 1.83. The first-order chi connectivity index (χ1) is 8.63. The monoisotopic (exact) mass is 259 g/mol. The van der Waals surface area contributed by atoms with Gasteiger partial charge >= 0.3 is 12.0 Å². The lowest BCUT2D eigenvalue weighted by molar-refractivity contribution is -0.137. The summed E-state index contributed by atoms with van der Waals surface area (Å²) < 4.78 is 4.87. The molecular formula is C11H21N3O4. The van der Waals surface area contributed by atoms with E-state index in [0.29, 0.717) is 6.61 Å². The van der Waals surface area contributed by atoms with Crippen LogP contribution >= 0.6 is 0 Å². The molecule has 0 saturated carbocycles. The number of amides is 2. The first-order valence-electron chi connectivity index (χ1n) is 6.14. The molecule has 0 aromatic heterocycles. The second-order valence-corrected chi connectivity index (χ2v) is 4.27. The Bertz CT molecular complexity index is 279. The Morgan fingerprint density at radius 2 is 2.00 bits per heavy atom. The zero-order valence-corrected chi connectivity index (χ0v) is 10.7. The molecule has 104 valence electrons. The van der Waals surface area contributed by atoms with Crippen LogP contribution in [0.3, 0.4) is 0 Å². The Hall–Kier alpha value is -1.34. The lowest BCUT2D eigenvalue weighted by Gasteiger charge is -2.30. The van der Waals surface area contributed by atoms with Gasteiger partial charge in [0, 0.05) is 26.7 Å². The molecule has 1 aliphatic rings. The number of ether oxygens (including phenoxy) is 1. The maximum absolute atomic E-state index is 11.9. The van der Waals surface area contributed by atoms with E-state index in [-0.39, 0.29) is 19.1 Å². The third-order valence-electron chi connectivity index (χ3n) is 2.79. The van der Waals surface area contributed by atoms with Crippen molar-refractivity contribution in [3.05, 3.63) is 0 Å². The van der Waals surface area contributed by atoms with Gasteiger partial charge in [0.15, 0.2) is 0 Å². The number of hydrogen-bond donors (Lipinski definition) is 2. The van der Waals surface area contributed by atoms with Crippen LogP contribution in [-0.4, -0.2) is 66.9 Å². The van der Waals surface area contributed by atoms with Gasteiger partial charge in [0.25, 0.3) is 0 Å². The molecule has 0 atom stereocenters. The highest BCUT2D eigenvalue weighted by Crippen LogP contribution is 2.06. The first kappa shape index (κ1) is 14.7. The number of nitrogens with one attached hydrogen (secondary N) is 1. The van der Waals surface area contributed by atoms with Crippen molar-refractivity contribution in [2.24, 2.45) is 0 Å². The van der Waals surface area contributed by atoms with Crippen LogP contribution in [0.1, 0.15) is 19.3 Å². The normalized spacial score (nSPS) is 16.3. The quantitative estimate of drug-likeness (QED) is 0.708. The minimum absolute atomic E-state index is 0.266. The van der Waals surface area contributed by atoms with Crippen LogP contribution < -0.4 is 5.43 Å². The van der Waals surface area contributed by atoms with Gasteiger partial charge in [-0.1, -0.05) is 6.42 Å². The molecule has 0 aromatic rings. The van der Waals surface area contributed by atoms with Gasteiger partial charge in [0.1, 0.15) is 6.54 Å². The number of hydrazine groups is 1. The zero-order valence-electron chi connectivity index (χ0n) is 10.7. The van der Waals surface area contributed by atoms with Gasteiger partial charge in [0.05, 0.1) is 6.61 Å². The second kappa shape index (κ2) is 7.88. The van der Waals surface area contributed by atoms with Crippen LogP contribution in [0, 0.1) is 0 Å². The fraction of sp³-hybridized carbons (Fsp3) is 0.818. The molecule has 1 fully saturated rings. The predicted molar refractivity (Wildman–Crippen MR) is 65.0 cm³/mol. The highest BCUT2D eigenvalue weighted by molar-refractivity contribution is 5.79. The average Bonchev–Trinajstić information content (AvgIpc) is 2.35. The molecule has 1 saturated heterocycles. The van der Waals surface area contributed by atoms with E-state index in [4.69, 9.17) is 9.84 Å². The molecule has 7 nitrogen and oxygen atoms in total. The van der Waals surface area contributed by atoms with Gasteiger partial charge in [0.2, 0.25) is 0 Å². The van der Waals surface area contributed by atoms with Crippen molar-refractivity contribution in [2.45, 2.75) is 19.3 Å². The summed E-state index contributed by atoms with van der Waals surface area (Å²) in [6, 6.07) is -0.378. The predicted octanol–water partition coefficient (Wildman–Crippen LogP) is 0.130. The highest BCUT2D eigenvalue weighted by atomic mass is 16.5. The van der Waals surface area contributed by atoms with Gasteiger partial charge in [-0.2, -0.15) is 0 Å². The van der Waals surface area contributed by atoms with Crippen LogP contribution in [0.5, 0.6) is 0 Å². The number of nitrogens with zero attached hydrogens (tertiary/aromatic N) is 2. The van der Waals surface area contributed by atoms with Gasteiger partial charge in [-0.15, -0.1) is 0 Å². The van der Waals surface area contributed by atoms with Gasteiger partial charge in [-0.3, -0.25) is 10.2 Å². The molecular weight excluding hydrogens is 238 g/mol. The molecule has 18 heavy (non-hydrogen) atoms. The number of aliphatic carboxylic acids is 1. The Morgan fingerprint density at radius 3 is 2.56 bits per heavy atom. The van der Waals surface area contributed by atoms with E-state index >= 15 is 0 Å². The van der Waals surface area contributed by atoms with E-state index in [2.05, 4.69) is 5.43 Å². The van der Waals surface area contributed by atoms with E-state index in [1.165, 1.54) is 18.4 Å². The minimum atomic E-state index is -1.03. The maximum Gasteiger partial charge on any atom is 0.332 e. The molecule has 1 aliphatic heterocycles. The van der Waals surface area contributed by atoms with Crippen molar-refractivity contribution in [1.82, 2.24) is 15.3 Å². The van der Waals surface area contributed by atoms with E-state index in [1.807, 2.05) is 5.01 Å². The number of carboxylic acids is 1. The molecule has 1 rings (SSSR count). The topological polar surface area (TPSA) is 82.1 Å². The Morgan fingerprint density at radius 1 is 1.33 bits per heavy atom. The molecule has 0 spiro atoms. The van der Waals surface area contributed by atoms with Gasteiger partial charge < -0.3 is 14.7 Å². The summed E-state index contributed by atoms with van der Waals surface area (Å²) in [5.41, 5.74) is 2.73. The van der Waals surface area contributed by atoms with Gasteiger partial charge in [-0.05, 0) is 12.8 Å². The SMILES string of the molecule is COCCN(CC(=O)O)C(=O)NN1CCCCC1. The lowest BCUT2D eigenvalue weighted by atomic mass is 10.2. The number of piperidine rings is 1. The highest BCUT2D eigenvalue weighted by Gasteiger charge is 2.19. The summed E-state index contributed by atoms with van der Waals surface area (Å²) in [7, 11) is 1.52. The summed E-state index contributed by atoms with van der Waals surface area (Å²) in [6.07, 6.45) is 3.28. The summed E-state index contributed by atoms with van der Waals surface area (Å²) in [6.45, 7) is 1.90. The summed E-state index contributed by atoms with van der Waals surface area (Å²) >= 11 is 0. The Kier molecular flexibility index (Phi) is 6.45. The average molecular weight is 259 g/mol. The zero-order chi connectivity index (χ0) is 13.4. The van der Waals surface area contributed by atoms with E-state index < -0.39 is 5.97 Å². The number of urea groups is 1. The summed E-state index contributed by atoms with van der Waals surface area (Å²) in [5, 5.41) is 10.6. The minimum Gasteiger partial charge on any atom is -0.480 e. The van der Waals surface area contributed by atoms with Crippen LogP contribution in [0.25, 0.3) is 0 Å². The van der Waals surface area contributed by atoms with Crippen molar-refractivity contribution in [3.8, 4) is 0 Å². The van der Waals surface area contributed by atoms with Crippen molar-refractivity contribution >= 4 is 12.0 Å². The van der Waals surface area contributed by atoms with E-state index in [1.54, 1.807) is 0 Å². The maximum atomic E-state index is 11.9. The standard InChI is InChI=1S/C11H21N3O4/c1-18-8-7-13(9-10(15)16)11(17)12-14-5-3-2-4-6-14/h2-9H2,1H3,(H,12,17)(H,15,16). The molecule has 1 heterocycles. The molecule has 0 aliphatic carbocycles. The van der Waals surface area contributed by atoms with E-state index in [0.717, 1.165) is 25.9 Å². The fourth-order valence-electron chi connectivity index (χ4n) is 1.83. The number of carboxylic acid groups (broad SMARTS) is 1. The van der Waals surface area contributed by atoms with Crippen molar-refractivity contribution in [1.29, 1.82) is 0 Å². The van der Waals surface area contributed by atoms with Crippen LogP contribution in [-0.2, 0) is 9.53 Å². The Balaban J connectivity index is 2.43. The van der Waals surface area contributed by atoms with E-state index in [9.17, 15) is 9.59 Å². The third kappa shape index (κ3) is 5.33. The first-order valence-corrected chi connectivity index (χ1v) is 6.14. The molecule has 7 heteroatoms. The molecule has 2 N–H and O–H groups in total. The number of hydrogen-bond acceptors (Lipinski definition) is 4. The van der Waals surface area contributed by atoms with Crippen LogP contribution in [0.2, 0.25) is 0 Å². The van der Waals surface area contributed by atoms with Crippen molar-refractivity contribution in [3.63, 3.8) is 0 Å². The number of methoxy groups -OCH3 is 1. The Labute approximate surface area is 107 Å². The summed E-state index contributed by atoms with van der Waals surface area (Å²) in [5.74, 6) is -1.03. The smallest absolute Gasteiger partial charge is 0.332 e. The molecule has 0 bridgehead atoms. The number of carbonyl (C=O) groups is 2. The van der Waals surface area contributed by atoms with Crippen molar-refractivity contribution < 1.29 is 19.4 Å². The summed E-state index contributed by atoms with van der Waals surface area (Å²) in [4.78, 5) is 23.8. The number of carbonyl (C=O) groups excluding carboxylic acids is 1. The molecule has 2 amide bonds. The third-order valence-corrected chi connectivity index (χ3v) is 2.79. The molecule has 0 radical (unpaired) electrons. The molecule has 0 aromatic carbocycles. The number of rotatable bonds is 6. The second-order valence-electron chi connectivity index (χ2n) is 4.27. The van der Waals surface area contributed by atoms with Crippen molar-refractivity contribution in [2.75, 3.05) is 39.9 Å². The largest absolute Gasteiger partial charge is 0.480 e. The van der Waals surface area contributed by atoms with Crippen LogP contribution in [0.15, 0.2) is 0 Å². The molecule has 0 unspecified atom stereocenters. The van der Waals surface area contributed by atoms with Crippen LogP contribution in [0.4, 0.5) is 4.79 Å². The van der Waals surface area contributed by atoms with Gasteiger partial charge in [-0.25, -0.2) is 9.80 Å². The lowest BCUT2D eigenvalue weighted by Crippen LogP contribution is -2.52.